The Bertz CT molecular complexity index is 1540. The minimum Gasteiger partial charge on any atom is -0.463 e. The Kier molecular flexibility index (Phi) is 9.31. The zero-order chi connectivity index (χ0) is 32.4. The maximum Gasteiger partial charge on any atom is 0.306 e. The summed E-state index contributed by atoms with van der Waals surface area (Å²) in [5.74, 6) is -3.45. The second-order valence-corrected chi connectivity index (χ2v) is 12.6. The van der Waals surface area contributed by atoms with Crippen molar-refractivity contribution in [3.8, 4) is 0 Å². The summed E-state index contributed by atoms with van der Waals surface area (Å²) < 4.78 is 12.1. The first-order chi connectivity index (χ1) is 22.3. The van der Waals surface area contributed by atoms with Gasteiger partial charge in [-0.2, -0.15) is 0 Å². The Hall–Kier alpha value is -3.99. The molecule has 3 amide bonds. The minimum absolute atomic E-state index is 0.0556. The van der Waals surface area contributed by atoms with Gasteiger partial charge < -0.3 is 29.7 Å². The summed E-state index contributed by atoms with van der Waals surface area (Å²) in [5, 5.41) is 12.9. The predicted octanol–water partition coefficient (Wildman–Crippen LogP) is 3.66. The van der Waals surface area contributed by atoms with Crippen LogP contribution >= 0.6 is 11.6 Å². The maximum atomic E-state index is 14.9. The number of allylic oxidation sites excluding steroid dienone is 1. The van der Waals surface area contributed by atoms with Crippen molar-refractivity contribution >= 4 is 41.0 Å². The number of rotatable bonds is 6. The number of hydrogen-bond acceptors (Lipinski definition) is 7. The van der Waals surface area contributed by atoms with Crippen molar-refractivity contribution in [2.75, 3.05) is 31.2 Å². The summed E-state index contributed by atoms with van der Waals surface area (Å²) in [7, 11) is 0. The highest BCUT2D eigenvalue weighted by atomic mass is 35.5. The molecule has 2 N–H and O–H groups in total. The summed E-state index contributed by atoms with van der Waals surface area (Å²) in [4.78, 5) is 59.2. The number of hydrogen-bond donors (Lipinski definition) is 2. The Balaban J connectivity index is 1.44. The number of nitrogens with zero attached hydrogens (tertiary/aromatic N) is 2. The molecular formula is C35H38ClN3O7. The number of likely N-dealkylation sites (tertiary alicyclic amines) is 1. The number of unbranched alkanes of at least 4 members (excludes halogenated alkanes) is 1. The highest BCUT2D eigenvalue weighted by Gasteiger charge is 2.73. The number of cyclic esters (lactones) is 1. The van der Waals surface area contributed by atoms with E-state index < -0.39 is 53.4 Å². The van der Waals surface area contributed by atoms with Crippen molar-refractivity contribution in [3.05, 3.63) is 89.0 Å². The van der Waals surface area contributed by atoms with E-state index in [1.54, 1.807) is 35.3 Å². The molecule has 4 aliphatic heterocycles. The summed E-state index contributed by atoms with van der Waals surface area (Å²) in [6.45, 7) is 2.06. The highest BCUT2D eigenvalue weighted by Crippen LogP contribution is 2.55. The van der Waals surface area contributed by atoms with Crippen molar-refractivity contribution in [1.29, 1.82) is 0 Å². The first-order valence-electron chi connectivity index (χ1n) is 15.8. The number of carbonyl (C=O) groups excluding carboxylic acids is 4. The number of anilines is 1. The number of aliphatic hydroxyl groups excluding tert-OH is 1. The Morgan fingerprint density at radius 3 is 2.59 bits per heavy atom. The number of amides is 3. The molecule has 0 unspecified atom stereocenters. The number of aliphatic hydroxyl groups is 1. The summed E-state index contributed by atoms with van der Waals surface area (Å²) in [6, 6.07) is 12.8. The molecular weight excluding hydrogens is 610 g/mol. The van der Waals surface area contributed by atoms with E-state index in [-0.39, 0.29) is 38.6 Å². The summed E-state index contributed by atoms with van der Waals surface area (Å²) in [6.07, 6.45) is 7.84. The molecule has 2 aromatic rings. The van der Waals surface area contributed by atoms with Gasteiger partial charge in [0.1, 0.15) is 18.2 Å². The fourth-order valence-corrected chi connectivity index (χ4v) is 7.53. The predicted molar refractivity (Wildman–Crippen MR) is 171 cm³/mol. The lowest BCUT2D eigenvalue weighted by Gasteiger charge is -2.36. The number of esters is 1. The molecule has 6 rings (SSSR count). The molecule has 46 heavy (non-hydrogen) atoms. The van der Waals surface area contributed by atoms with E-state index in [0.29, 0.717) is 30.0 Å². The lowest BCUT2D eigenvalue weighted by molar-refractivity contribution is -0.145. The zero-order valence-corrected chi connectivity index (χ0v) is 26.4. The van der Waals surface area contributed by atoms with Crippen molar-refractivity contribution in [2.45, 2.75) is 56.4 Å². The van der Waals surface area contributed by atoms with Gasteiger partial charge in [0.2, 0.25) is 11.8 Å². The maximum absolute atomic E-state index is 14.9. The molecule has 2 aromatic carbocycles. The standard InChI is InChI=1S/C35H38ClN3O7/c1-22-11-10-14-24(36)30(22)38-18-7-3-6-15-27(41)45-21-25(23-12-4-2-5-13-23)37-32(42)28-26-16-17-35(46-26)29(28)33(43)39(19-8-9-20-40)31(35)34(38)44/h2-5,7,10-14,16-17,25-26,28-29,31,40H,6,8-9,15,18-21H2,1H3,(H,37,42)/b7-3-/t25-,26-,28+,29+,31-,35+/m0/s1. The van der Waals surface area contributed by atoms with E-state index in [1.807, 2.05) is 49.4 Å². The van der Waals surface area contributed by atoms with Gasteiger partial charge in [0.05, 0.1) is 34.7 Å². The average Bonchev–Trinajstić information content (AvgIpc) is 3.69. The topological polar surface area (TPSA) is 125 Å². The van der Waals surface area contributed by atoms with E-state index in [4.69, 9.17) is 21.1 Å². The van der Waals surface area contributed by atoms with E-state index in [1.165, 1.54) is 4.90 Å². The van der Waals surface area contributed by atoms with E-state index in [2.05, 4.69) is 5.32 Å². The summed E-state index contributed by atoms with van der Waals surface area (Å²) >= 11 is 6.70. The third-order valence-corrected chi connectivity index (χ3v) is 9.65. The fourth-order valence-electron chi connectivity index (χ4n) is 7.21. The number of aryl methyl sites for hydroxylation is 1. The van der Waals surface area contributed by atoms with Crippen LogP contribution in [0.4, 0.5) is 5.69 Å². The van der Waals surface area contributed by atoms with Crippen molar-refractivity contribution in [2.24, 2.45) is 11.8 Å². The minimum atomic E-state index is -1.38. The van der Waals surface area contributed by atoms with Crippen LogP contribution < -0.4 is 10.2 Å². The third-order valence-electron chi connectivity index (χ3n) is 9.34. The molecule has 10 nitrogen and oxygen atoms in total. The molecule has 2 saturated heterocycles. The lowest BCUT2D eigenvalue weighted by atomic mass is 9.74. The second kappa shape index (κ2) is 13.4. The van der Waals surface area contributed by atoms with Gasteiger partial charge in [0.15, 0.2) is 0 Å². The number of halogens is 1. The van der Waals surface area contributed by atoms with Gasteiger partial charge in [-0.15, -0.1) is 0 Å². The zero-order valence-electron chi connectivity index (χ0n) is 25.6. The molecule has 11 heteroatoms. The SMILES string of the molecule is Cc1cccc(Cl)c1N1C/C=C\CCC(=O)OC[C@@H](c2ccccc2)NC(=O)[C@@H]2[C@@H]3C=C[C@]4(O3)[C@H](C1=O)N(CCCCO)C(=O)[C@@H]24. The first kappa shape index (κ1) is 32.0. The van der Waals surface area contributed by atoms with Crippen molar-refractivity contribution in [1.82, 2.24) is 10.2 Å². The Labute approximate surface area is 273 Å². The molecule has 242 valence electrons. The molecule has 0 saturated carbocycles. The number of carbonyl (C=O) groups is 4. The monoisotopic (exact) mass is 647 g/mol. The van der Waals surface area contributed by atoms with Crippen LogP contribution in [0.15, 0.2) is 72.8 Å². The summed E-state index contributed by atoms with van der Waals surface area (Å²) in [5.41, 5.74) is 0.651. The van der Waals surface area contributed by atoms with Crippen molar-refractivity contribution < 1.29 is 33.8 Å². The number of nitrogens with one attached hydrogen (secondary N) is 1. The van der Waals surface area contributed by atoms with Gasteiger partial charge in [0, 0.05) is 26.1 Å². The molecule has 0 aromatic heterocycles. The normalized spacial score (nSPS) is 30.4. The molecule has 5 bridgehead atoms. The van der Waals surface area contributed by atoms with E-state index in [0.717, 1.165) is 11.1 Å². The second-order valence-electron chi connectivity index (χ2n) is 12.2. The van der Waals surface area contributed by atoms with Crippen LogP contribution in [0.3, 0.4) is 0 Å². The Morgan fingerprint density at radius 1 is 1.02 bits per heavy atom. The van der Waals surface area contributed by atoms with Crippen LogP contribution in [0.5, 0.6) is 0 Å². The first-order valence-corrected chi connectivity index (χ1v) is 16.2. The van der Waals surface area contributed by atoms with Crippen LogP contribution in [0.2, 0.25) is 5.02 Å². The molecule has 6 atom stereocenters. The molecule has 1 spiro atoms. The van der Waals surface area contributed by atoms with Gasteiger partial charge >= 0.3 is 5.97 Å². The Morgan fingerprint density at radius 2 is 1.83 bits per heavy atom. The number of ether oxygens (including phenoxy) is 2. The van der Waals surface area contributed by atoms with E-state index >= 15 is 0 Å². The van der Waals surface area contributed by atoms with Crippen LogP contribution in [-0.4, -0.2) is 77.7 Å². The average molecular weight is 648 g/mol. The van der Waals surface area contributed by atoms with Crippen LogP contribution in [0.25, 0.3) is 0 Å². The molecule has 2 fully saturated rings. The van der Waals surface area contributed by atoms with Gasteiger partial charge in [-0.3, -0.25) is 19.2 Å². The van der Waals surface area contributed by atoms with Crippen LogP contribution in [0.1, 0.15) is 42.9 Å². The van der Waals surface area contributed by atoms with Gasteiger partial charge in [-0.1, -0.05) is 78.4 Å². The molecule has 0 aliphatic carbocycles. The lowest BCUT2D eigenvalue weighted by Crippen LogP contribution is -2.56. The quantitative estimate of drug-likeness (QED) is 0.279. The number of para-hydroxylation sites is 1. The molecule has 4 heterocycles. The fraction of sp³-hybridized carbons (Fsp3) is 0.429. The molecule has 4 aliphatic rings. The van der Waals surface area contributed by atoms with Crippen LogP contribution in [0, 0.1) is 18.8 Å². The van der Waals surface area contributed by atoms with Crippen LogP contribution in [-0.2, 0) is 28.7 Å². The van der Waals surface area contributed by atoms with Crippen molar-refractivity contribution in [3.63, 3.8) is 0 Å². The van der Waals surface area contributed by atoms with Gasteiger partial charge in [-0.25, -0.2) is 0 Å². The number of fused-ring (bicyclic) bond motifs is 2. The highest BCUT2D eigenvalue weighted by molar-refractivity contribution is 6.34. The smallest absolute Gasteiger partial charge is 0.306 e. The molecule has 0 radical (unpaired) electrons. The van der Waals surface area contributed by atoms with E-state index in [9.17, 15) is 24.3 Å². The third kappa shape index (κ3) is 5.74. The van der Waals surface area contributed by atoms with Gasteiger partial charge in [-0.05, 0) is 43.4 Å². The number of benzene rings is 2. The van der Waals surface area contributed by atoms with Gasteiger partial charge in [0.25, 0.3) is 5.91 Å². The largest absolute Gasteiger partial charge is 0.463 e.